The lowest BCUT2D eigenvalue weighted by Crippen LogP contribution is -2.54. The van der Waals surface area contributed by atoms with E-state index in [0.717, 1.165) is 6.20 Å². The van der Waals surface area contributed by atoms with Crippen LogP contribution < -0.4 is 5.32 Å². The molecule has 1 fully saturated rings. The fourth-order valence-electron chi connectivity index (χ4n) is 4.90. The van der Waals surface area contributed by atoms with Crippen LogP contribution in [-0.2, 0) is 9.53 Å². The summed E-state index contributed by atoms with van der Waals surface area (Å²) in [6.07, 6.45) is -0.245. The number of piperidine rings is 1. The minimum absolute atomic E-state index is 0.0130. The van der Waals surface area contributed by atoms with Crippen LogP contribution in [0.2, 0.25) is 0 Å². The Balaban J connectivity index is 1.46. The number of imidazole rings is 1. The van der Waals surface area contributed by atoms with Gasteiger partial charge in [0.1, 0.15) is 29.2 Å². The number of carbonyl (C=O) groups excluding carboxylic acids is 2. The number of hydrogen-bond acceptors (Lipinski definition) is 8. The van der Waals surface area contributed by atoms with Gasteiger partial charge in [-0.15, -0.1) is 0 Å². The van der Waals surface area contributed by atoms with E-state index in [1.165, 1.54) is 22.9 Å². The molecule has 2 aromatic heterocycles. The molecule has 1 aromatic carbocycles. The zero-order valence-electron chi connectivity index (χ0n) is 24.4. The van der Waals surface area contributed by atoms with E-state index in [1.54, 1.807) is 33.8 Å². The molecular formula is C28H37F2N7O4. The highest BCUT2D eigenvalue weighted by Crippen LogP contribution is 2.30. The van der Waals surface area contributed by atoms with Gasteiger partial charge < -0.3 is 29.5 Å². The van der Waals surface area contributed by atoms with Gasteiger partial charge in [0.2, 0.25) is 11.9 Å². The minimum Gasteiger partial charge on any atom is -0.444 e. The van der Waals surface area contributed by atoms with Crippen LogP contribution in [0.3, 0.4) is 0 Å². The molecule has 13 heteroatoms. The molecule has 222 valence electrons. The van der Waals surface area contributed by atoms with Gasteiger partial charge in [-0.05, 0) is 60.1 Å². The number of likely N-dealkylation sites (tertiary alicyclic amines) is 1. The highest BCUT2D eigenvalue weighted by atomic mass is 19.1. The van der Waals surface area contributed by atoms with Crippen LogP contribution in [0.4, 0.5) is 19.5 Å². The Bertz CT molecular complexity index is 1450. The maximum absolute atomic E-state index is 15.0. The predicted octanol–water partition coefficient (Wildman–Crippen LogP) is 3.90. The summed E-state index contributed by atoms with van der Waals surface area (Å²) in [5, 5.41) is 13.8. The van der Waals surface area contributed by atoms with E-state index < -0.39 is 35.5 Å². The average molecular weight is 574 g/mol. The molecule has 11 nitrogen and oxygen atoms in total. The summed E-state index contributed by atoms with van der Waals surface area (Å²) in [5.41, 5.74) is 0.187. The number of likely N-dealkylation sites (N-methyl/N-ethyl adjacent to an activating group) is 1. The lowest BCUT2D eigenvalue weighted by Gasteiger charge is -2.37. The van der Waals surface area contributed by atoms with Crippen LogP contribution in [0.1, 0.15) is 52.9 Å². The summed E-state index contributed by atoms with van der Waals surface area (Å²) in [6, 6.07) is 2.34. The first-order chi connectivity index (χ1) is 19.1. The maximum atomic E-state index is 15.0. The van der Waals surface area contributed by atoms with E-state index in [9.17, 15) is 23.5 Å². The number of rotatable bonds is 6. The second-order valence-corrected chi connectivity index (χ2v) is 11.6. The second-order valence-electron chi connectivity index (χ2n) is 11.6. The molecule has 0 aliphatic carbocycles. The first-order valence-corrected chi connectivity index (χ1v) is 13.5. The van der Waals surface area contributed by atoms with E-state index in [2.05, 4.69) is 20.3 Å². The number of aryl methyl sites for hydroxylation is 1. The molecule has 0 bridgehead atoms. The molecule has 1 aliphatic rings. The van der Waals surface area contributed by atoms with Gasteiger partial charge in [0.25, 0.3) is 0 Å². The molecule has 0 radical (unpaired) electrons. The van der Waals surface area contributed by atoms with Gasteiger partial charge in [0.15, 0.2) is 11.6 Å². The number of anilines is 1. The van der Waals surface area contributed by atoms with Crippen molar-refractivity contribution in [2.75, 3.05) is 32.0 Å². The number of hydrogen-bond donors (Lipinski definition) is 2. The number of β-amino-alcohol motifs (C(OH)–C–C–N with tert-alkyl or cyclic N) is 1. The molecule has 2 atom stereocenters. The quantitative estimate of drug-likeness (QED) is 0.455. The first kappa shape index (κ1) is 30.1. The molecule has 0 saturated carbocycles. The number of nitrogens with one attached hydrogen (secondary N) is 1. The van der Waals surface area contributed by atoms with Crippen molar-refractivity contribution in [1.82, 2.24) is 29.3 Å². The van der Waals surface area contributed by atoms with Gasteiger partial charge in [-0.1, -0.05) is 0 Å². The Kier molecular flexibility index (Phi) is 8.48. The van der Waals surface area contributed by atoms with Crippen molar-refractivity contribution in [1.29, 1.82) is 0 Å². The molecule has 1 aliphatic heterocycles. The Morgan fingerprint density at radius 3 is 2.56 bits per heavy atom. The van der Waals surface area contributed by atoms with Crippen molar-refractivity contribution in [3.05, 3.63) is 35.8 Å². The Morgan fingerprint density at radius 1 is 1.22 bits per heavy atom. The highest BCUT2D eigenvalue weighted by Gasteiger charge is 2.32. The summed E-state index contributed by atoms with van der Waals surface area (Å²) < 4.78 is 37.0. The van der Waals surface area contributed by atoms with Crippen molar-refractivity contribution < 1.29 is 28.2 Å². The zero-order valence-corrected chi connectivity index (χ0v) is 24.4. The topological polar surface area (TPSA) is 126 Å². The van der Waals surface area contributed by atoms with Crippen LogP contribution in [0.5, 0.6) is 0 Å². The van der Waals surface area contributed by atoms with Crippen LogP contribution in [0.15, 0.2) is 18.3 Å². The van der Waals surface area contributed by atoms with Gasteiger partial charge in [-0.2, -0.15) is 0 Å². The number of ether oxygens (including phenoxy) is 1. The van der Waals surface area contributed by atoms with E-state index >= 15 is 0 Å². The average Bonchev–Trinajstić information content (AvgIpc) is 3.21. The van der Waals surface area contributed by atoms with E-state index in [4.69, 9.17) is 4.74 Å². The van der Waals surface area contributed by atoms with E-state index in [1.807, 2.05) is 18.4 Å². The number of nitrogens with zero attached hydrogens (tertiary/aromatic N) is 6. The lowest BCUT2D eigenvalue weighted by molar-refractivity contribution is -0.135. The maximum Gasteiger partial charge on any atom is 0.410 e. The summed E-state index contributed by atoms with van der Waals surface area (Å²) in [6.45, 7) is 11.0. The van der Waals surface area contributed by atoms with Crippen molar-refractivity contribution >= 4 is 29.0 Å². The van der Waals surface area contributed by atoms with Gasteiger partial charge in [0, 0.05) is 31.7 Å². The molecule has 3 aromatic rings. The predicted molar refractivity (Wildman–Crippen MR) is 149 cm³/mol. The molecule has 3 heterocycles. The Labute approximate surface area is 237 Å². The monoisotopic (exact) mass is 573 g/mol. The van der Waals surface area contributed by atoms with E-state index in [-0.39, 0.29) is 47.8 Å². The van der Waals surface area contributed by atoms with Gasteiger partial charge >= 0.3 is 6.09 Å². The molecule has 0 unspecified atom stereocenters. The fourth-order valence-corrected chi connectivity index (χ4v) is 4.90. The number of aliphatic hydroxyl groups excluding tert-OH is 1. The summed E-state index contributed by atoms with van der Waals surface area (Å²) in [4.78, 5) is 40.2. The fraction of sp³-hybridized carbons (Fsp3) is 0.536. The molecule has 41 heavy (non-hydrogen) atoms. The summed E-state index contributed by atoms with van der Waals surface area (Å²) in [5.74, 6) is -0.936. The molecular weight excluding hydrogens is 536 g/mol. The number of carbonyl (C=O) groups is 2. The van der Waals surface area contributed by atoms with Crippen LogP contribution in [0, 0.1) is 18.6 Å². The third kappa shape index (κ3) is 6.72. The highest BCUT2D eigenvalue weighted by molar-refractivity contribution is 5.83. The van der Waals surface area contributed by atoms with Crippen molar-refractivity contribution in [3.8, 4) is 11.3 Å². The summed E-state index contributed by atoms with van der Waals surface area (Å²) in [7, 11) is 1.47. The first-order valence-electron chi connectivity index (χ1n) is 13.5. The van der Waals surface area contributed by atoms with Crippen molar-refractivity contribution in [2.45, 2.75) is 71.8 Å². The molecule has 2 amide bonds. The normalized spacial score (nSPS) is 17.7. The SMILES string of the molecule is Cc1nc2c(F)cc(-c3nc(N[C@@H]4CCN(C(=O)CN(C)C(=O)OC(C)(C)C)C[C@H]4O)ncc3F)cc2n1C(C)C. The third-order valence-electron chi connectivity index (χ3n) is 6.79. The van der Waals surface area contributed by atoms with Gasteiger partial charge in [0.05, 0.1) is 23.9 Å². The Morgan fingerprint density at radius 2 is 1.93 bits per heavy atom. The summed E-state index contributed by atoms with van der Waals surface area (Å²) >= 11 is 0. The van der Waals surface area contributed by atoms with Crippen molar-refractivity contribution in [3.63, 3.8) is 0 Å². The number of aromatic nitrogens is 4. The Hall–Kier alpha value is -3.87. The van der Waals surface area contributed by atoms with Crippen LogP contribution >= 0.6 is 0 Å². The lowest BCUT2D eigenvalue weighted by atomic mass is 10.0. The molecule has 4 rings (SSSR count). The standard InChI is InChI=1S/C28H37F2N7O4/c1-15(2)37-16(3)32-25-18(29)10-17(11-21(25)37)24-19(30)12-31-26(34-24)33-20-8-9-36(13-22(20)38)23(39)14-35(7)27(40)41-28(4,5)6/h10-12,15,20,22,38H,8-9,13-14H2,1-7H3,(H,31,33,34)/t20-,22-/m1/s1. The number of halogens is 2. The molecule has 0 spiro atoms. The smallest absolute Gasteiger partial charge is 0.410 e. The number of benzene rings is 1. The van der Waals surface area contributed by atoms with Gasteiger partial charge in [-0.3, -0.25) is 4.79 Å². The van der Waals surface area contributed by atoms with E-state index in [0.29, 0.717) is 24.3 Å². The van der Waals surface area contributed by atoms with Gasteiger partial charge in [-0.25, -0.2) is 28.5 Å². The number of amides is 2. The van der Waals surface area contributed by atoms with Crippen molar-refractivity contribution in [2.24, 2.45) is 0 Å². The number of fused-ring (bicyclic) bond motifs is 1. The number of aliphatic hydroxyl groups is 1. The third-order valence-corrected chi connectivity index (χ3v) is 6.79. The molecule has 2 N–H and O–H groups in total. The van der Waals surface area contributed by atoms with Crippen LogP contribution in [0.25, 0.3) is 22.3 Å². The molecule has 1 saturated heterocycles. The largest absolute Gasteiger partial charge is 0.444 e. The second kappa shape index (κ2) is 11.6. The minimum atomic E-state index is -0.978. The van der Waals surface area contributed by atoms with Crippen LogP contribution in [-0.4, -0.2) is 90.9 Å². The zero-order chi connectivity index (χ0) is 30.2.